The van der Waals surface area contributed by atoms with Gasteiger partial charge in [0.2, 0.25) is 5.95 Å². The Morgan fingerprint density at radius 1 is 1.43 bits per heavy atom. The number of fused-ring (bicyclic) bond motifs is 1. The minimum absolute atomic E-state index is 0.297. The zero-order valence-electron chi connectivity index (χ0n) is 13.3. The molecule has 0 bridgehead atoms. The molecule has 0 amide bonds. The van der Waals surface area contributed by atoms with E-state index in [2.05, 4.69) is 37.5 Å². The quantitative estimate of drug-likeness (QED) is 0.890. The number of anilines is 3. The van der Waals surface area contributed by atoms with Gasteiger partial charge in [0, 0.05) is 44.8 Å². The summed E-state index contributed by atoms with van der Waals surface area (Å²) in [5, 5.41) is 11.4. The Bertz CT molecular complexity index is 730. The van der Waals surface area contributed by atoms with Gasteiger partial charge >= 0.3 is 0 Å². The molecule has 0 aliphatic carbocycles. The molecule has 2 saturated heterocycles. The van der Waals surface area contributed by atoms with Crippen molar-refractivity contribution < 1.29 is 0 Å². The van der Waals surface area contributed by atoms with Crippen LogP contribution in [-0.4, -0.2) is 45.9 Å². The number of nitrogens with zero attached hydrogens (tertiary/aromatic N) is 5. The minimum Gasteiger partial charge on any atom is -0.354 e. The molecule has 0 unspecified atom stereocenters. The van der Waals surface area contributed by atoms with E-state index in [1.807, 2.05) is 13.2 Å². The van der Waals surface area contributed by atoms with Crippen molar-refractivity contribution >= 4 is 29.1 Å². The van der Waals surface area contributed by atoms with Crippen LogP contribution >= 0.6 is 11.6 Å². The van der Waals surface area contributed by atoms with E-state index in [4.69, 9.17) is 11.6 Å². The molecule has 23 heavy (non-hydrogen) atoms. The third-order valence-corrected chi connectivity index (χ3v) is 5.15. The summed E-state index contributed by atoms with van der Waals surface area (Å²) in [6.07, 6.45) is 5.28. The lowest BCUT2D eigenvalue weighted by molar-refractivity contribution is 0.338. The van der Waals surface area contributed by atoms with E-state index in [1.165, 1.54) is 0 Å². The maximum Gasteiger partial charge on any atom is 0.229 e. The topological polar surface area (TPSA) is 70.9 Å². The highest BCUT2D eigenvalue weighted by Gasteiger charge is 2.46. The Hall–Kier alpha value is -1.86. The molecular weight excluding hydrogens is 314 g/mol. The van der Waals surface area contributed by atoms with Crippen LogP contribution in [0.25, 0.3) is 0 Å². The fraction of sp³-hybridized carbons (Fsp3) is 0.533. The molecule has 7 nitrogen and oxygen atoms in total. The van der Waals surface area contributed by atoms with Gasteiger partial charge in [-0.2, -0.15) is 10.1 Å². The van der Waals surface area contributed by atoms with E-state index in [0.29, 0.717) is 22.3 Å². The number of halogens is 1. The van der Waals surface area contributed by atoms with Crippen LogP contribution in [0.1, 0.15) is 6.92 Å². The molecule has 2 N–H and O–H groups in total. The van der Waals surface area contributed by atoms with Crippen LogP contribution in [0.15, 0.2) is 18.6 Å². The molecule has 0 saturated carbocycles. The van der Waals surface area contributed by atoms with Gasteiger partial charge in [0.05, 0.1) is 18.1 Å². The van der Waals surface area contributed by atoms with Gasteiger partial charge in [-0.15, -0.1) is 0 Å². The largest absolute Gasteiger partial charge is 0.354 e. The van der Waals surface area contributed by atoms with Crippen molar-refractivity contribution in [1.82, 2.24) is 25.1 Å². The molecule has 122 valence electrons. The van der Waals surface area contributed by atoms with Crippen LogP contribution in [0.5, 0.6) is 0 Å². The molecule has 0 spiro atoms. The van der Waals surface area contributed by atoms with Crippen molar-refractivity contribution in [3.8, 4) is 0 Å². The lowest BCUT2D eigenvalue weighted by Gasteiger charge is -2.23. The highest BCUT2D eigenvalue weighted by Crippen LogP contribution is 2.41. The van der Waals surface area contributed by atoms with E-state index in [0.717, 1.165) is 37.7 Å². The van der Waals surface area contributed by atoms with Gasteiger partial charge in [-0.1, -0.05) is 18.5 Å². The molecule has 2 aliphatic heterocycles. The lowest BCUT2D eigenvalue weighted by atomic mass is 9.83. The third-order valence-electron chi connectivity index (χ3n) is 4.88. The monoisotopic (exact) mass is 333 g/mol. The number of hydrogen-bond donors (Lipinski definition) is 2. The third kappa shape index (κ3) is 2.64. The van der Waals surface area contributed by atoms with Crippen molar-refractivity contribution in [3.63, 3.8) is 0 Å². The molecule has 0 aromatic carbocycles. The van der Waals surface area contributed by atoms with Gasteiger partial charge in [-0.05, 0) is 5.92 Å². The Morgan fingerprint density at radius 2 is 2.30 bits per heavy atom. The van der Waals surface area contributed by atoms with Gasteiger partial charge in [0.15, 0.2) is 5.82 Å². The van der Waals surface area contributed by atoms with Gasteiger partial charge in [0.25, 0.3) is 0 Å². The molecular formula is C15H20ClN7. The number of hydrogen-bond acceptors (Lipinski definition) is 6. The fourth-order valence-corrected chi connectivity index (χ4v) is 3.79. The summed E-state index contributed by atoms with van der Waals surface area (Å²) in [4.78, 5) is 11.2. The summed E-state index contributed by atoms with van der Waals surface area (Å²) in [5.41, 5.74) is 1.15. The molecule has 4 heterocycles. The first-order valence-corrected chi connectivity index (χ1v) is 8.15. The minimum atomic E-state index is 0.297. The summed E-state index contributed by atoms with van der Waals surface area (Å²) < 4.78 is 1.73. The van der Waals surface area contributed by atoms with Gasteiger partial charge in [-0.3, -0.25) is 4.68 Å². The maximum atomic E-state index is 6.36. The molecule has 4 rings (SSSR count). The fourth-order valence-electron chi connectivity index (χ4n) is 3.58. The second-order valence-corrected chi connectivity index (χ2v) is 7.16. The maximum absolute atomic E-state index is 6.36. The number of aromatic nitrogens is 4. The van der Waals surface area contributed by atoms with Crippen molar-refractivity contribution in [3.05, 3.63) is 23.6 Å². The Labute approximate surface area is 140 Å². The first-order valence-electron chi connectivity index (χ1n) is 7.77. The van der Waals surface area contributed by atoms with E-state index in [1.54, 1.807) is 17.1 Å². The van der Waals surface area contributed by atoms with Gasteiger partial charge < -0.3 is 15.5 Å². The standard InChI is InChI=1S/C15H20ClN7/c1-15-8-17-3-10(15)6-23(9-15)13-12(16)5-18-14(21-13)20-11-4-19-22(2)7-11/h4-5,7,10,17H,3,6,8-9H2,1-2H3,(H,18,20,21)/t10-,15+/m0/s1. The first-order chi connectivity index (χ1) is 11.0. The van der Waals surface area contributed by atoms with Crippen LogP contribution < -0.4 is 15.5 Å². The van der Waals surface area contributed by atoms with Crippen LogP contribution in [0.3, 0.4) is 0 Å². The number of aryl methyl sites for hydroxylation is 1. The lowest BCUT2D eigenvalue weighted by Crippen LogP contribution is -2.30. The van der Waals surface area contributed by atoms with Crippen molar-refractivity contribution in [2.45, 2.75) is 6.92 Å². The zero-order chi connectivity index (χ0) is 16.0. The first kappa shape index (κ1) is 14.7. The molecule has 8 heteroatoms. The summed E-state index contributed by atoms with van der Waals surface area (Å²) in [6, 6.07) is 0. The van der Waals surface area contributed by atoms with Crippen molar-refractivity contribution in [1.29, 1.82) is 0 Å². The van der Waals surface area contributed by atoms with Crippen molar-refractivity contribution in [2.24, 2.45) is 18.4 Å². The zero-order valence-corrected chi connectivity index (χ0v) is 14.0. The predicted molar refractivity (Wildman–Crippen MR) is 90.2 cm³/mol. The van der Waals surface area contributed by atoms with Gasteiger partial charge in [-0.25, -0.2) is 4.98 Å². The summed E-state index contributed by atoms with van der Waals surface area (Å²) in [5.74, 6) is 1.99. The highest BCUT2D eigenvalue weighted by atomic mass is 35.5. The Morgan fingerprint density at radius 3 is 3.04 bits per heavy atom. The van der Waals surface area contributed by atoms with E-state index >= 15 is 0 Å². The van der Waals surface area contributed by atoms with E-state index < -0.39 is 0 Å². The molecule has 2 aliphatic rings. The van der Waals surface area contributed by atoms with Gasteiger partial charge in [0.1, 0.15) is 5.02 Å². The summed E-state index contributed by atoms with van der Waals surface area (Å²) >= 11 is 6.36. The second kappa shape index (κ2) is 5.35. The SMILES string of the molecule is Cn1cc(Nc2ncc(Cl)c(N3C[C@@H]4CNC[C@]4(C)C3)n2)cn1. The van der Waals surface area contributed by atoms with Crippen LogP contribution in [0.2, 0.25) is 5.02 Å². The van der Waals surface area contributed by atoms with Crippen molar-refractivity contribution in [2.75, 3.05) is 36.4 Å². The normalized spacial score (nSPS) is 26.6. The summed E-state index contributed by atoms with van der Waals surface area (Å²) in [7, 11) is 1.87. The average Bonchev–Trinajstić information content (AvgIpc) is 3.14. The number of rotatable bonds is 3. The molecule has 2 aromatic heterocycles. The summed E-state index contributed by atoms with van der Waals surface area (Å²) in [6.45, 7) is 6.40. The highest BCUT2D eigenvalue weighted by molar-refractivity contribution is 6.32. The Balaban J connectivity index is 1.58. The molecule has 0 radical (unpaired) electrons. The Kier molecular flexibility index (Phi) is 3.42. The van der Waals surface area contributed by atoms with E-state index in [-0.39, 0.29) is 0 Å². The smallest absolute Gasteiger partial charge is 0.229 e. The second-order valence-electron chi connectivity index (χ2n) is 6.76. The predicted octanol–water partition coefficient (Wildman–Crippen LogP) is 1.65. The van der Waals surface area contributed by atoms with Crippen LogP contribution in [0, 0.1) is 11.3 Å². The number of nitrogens with one attached hydrogen (secondary N) is 2. The van der Waals surface area contributed by atoms with Crippen LogP contribution in [-0.2, 0) is 7.05 Å². The average molecular weight is 334 g/mol. The molecule has 2 atom stereocenters. The molecule has 2 aromatic rings. The molecule has 2 fully saturated rings. The van der Waals surface area contributed by atoms with E-state index in [9.17, 15) is 0 Å². The van der Waals surface area contributed by atoms with Crippen LogP contribution in [0.4, 0.5) is 17.5 Å².